The highest BCUT2D eigenvalue weighted by atomic mass is 32.2. The average Bonchev–Trinajstić information content (AvgIpc) is 3.02. The van der Waals surface area contributed by atoms with Crippen LogP contribution in [0.5, 0.6) is 0 Å². The second-order valence-corrected chi connectivity index (χ2v) is 13.3. The van der Waals surface area contributed by atoms with Crippen LogP contribution in [-0.2, 0) is 32.5 Å². The minimum atomic E-state index is -4.09. The smallest absolute Gasteiger partial charge is 0.264 e. The molecule has 43 heavy (non-hydrogen) atoms. The number of sulfonamides is 1. The zero-order valence-corrected chi connectivity index (χ0v) is 26.5. The number of para-hydroxylation sites is 1. The van der Waals surface area contributed by atoms with Crippen LogP contribution < -0.4 is 9.62 Å². The first-order valence-corrected chi connectivity index (χ1v) is 17.0. The molecule has 0 spiro atoms. The molecule has 0 bridgehead atoms. The van der Waals surface area contributed by atoms with Crippen LogP contribution in [0.25, 0.3) is 0 Å². The summed E-state index contributed by atoms with van der Waals surface area (Å²) in [4.78, 5) is 29.7. The van der Waals surface area contributed by atoms with Crippen LogP contribution in [0.4, 0.5) is 5.69 Å². The van der Waals surface area contributed by atoms with E-state index in [-0.39, 0.29) is 16.8 Å². The van der Waals surface area contributed by atoms with Crippen LogP contribution in [0.3, 0.4) is 0 Å². The van der Waals surface area contributed by atoms with E-state index in [0.717, 1.165) is 42.4 Å². The zero-order chi connectivity index (χ0) is 30.8. The lowest BCUT2D eigenvalue weighted by Gasteiger charge is -2.35. The van der Waals surface area contributed by atoms with Gasteiger partial charge in [0.05, 0.1) is 10.6 Å². The van der Waals surface area contributed by atoms with Gasteiger partial charge in [0.25, 0.3) is 10.0 Å². The lowest BCUT2D eigenvalue weighted by molar-refractivity contribution is -0.140. The Labute approximate surface area is 257 Å². The van der Waals surface area contributed by atoms with Crippen molar-refractivity contribution in [1.29, 1.82) is 0 Å². The van der Waals surface area contributed by atoms with Gasteiger partial charge in [-0.05, 0) is 68.4 Å². The first-order valence-electron chi connectivity index (χ1n) is 15.6. The van der Waals surface area contributed by atoms with Gasteiger partial charge in [0.1, 0.15) is 12.6 Å². The Bertz CT molecular complexity index is 1450. The van der Waals surface area contributed by atoms with Gasteiger partial charge in [-0.25, -0.2) is 8.42 Å². The quantitative estimate of drug-likeness (QED) is 0.258. The number of carbonyl (C=O) groups is 2. The summed E-state index contributed by atoms with van der Waals surface area (Å²) in [5.41, 5.74) is 3.28. The molecule has 3 aromatic rings. The van der Waals surface area contributed by atoms with E-state index in [9.17, 15) is 18.0 Å². The molecule has 4 rings (SSSR count). The van der Waals surface area contributed by atoms with Crippen molar-refractivity contribution in [3.05, 3.63) is 95.6 Å². The molecule has 1 saturated carbocycles. The summed E-state index contributed by atoms with van der Waals surface area (Å²) < 4.78 is 29.5. The molecule has 0 unspecified atom stereocenters. The molecule has 0 aromatic heterocycles. The normalized spacial score (nSPS) is 14.6. The van der Waals surface area contributed by atoms with Gasteiger partial charge < -0.3 is 10.2 Å². The predicted octanol–water partition coefficient (Wildman–Crippen LogP) is 6.05. The highest BCUT2D eigenvalue weighted by molar-refractivity contribution is 7.92. The van der Waals surface area contributed by atoms with Gasteiger partial charge in [-0.3, -0.25) is 13.9 Å². The van der Waals surface area contributed by atoms with Gasteiger partial charge in [-0.15, -0.1) is 0 Å². The van der Waals surface area contributed by atoms with Crippen LogP contribution in [0.2, 0.25) is 0 Å². The summed E-state index contributed by atoms with van der Waals surface area (Å²) in [5, 5.41) is 3.20. The number of hydrogen-bond acceptors (Lipinski definition) is 4. The Kier molecular flexibility index (Phi) is 11.4. The topological polar surface area (TPSA) is 86.8 Å². The minimum Gasteiger partial charge on any atom is -0.352 e. The molecular formula is C35H45N3O4S. The first kappa shape index (κ1) is 32.3. The van der Waals surface area contributed by atoms with Crippen LogP contribution in [0.1, 0.15) is 69.1 Å². The van der Waals surface area contributed by atoms with Gasteiger partial charge in [0.15, 0.2) is 0 Å². The lowest BCUT2D eigenvalue weighted by Crippen LogP contribution is -2.54. The van der Waals surface area contributed by atoms with Crippen molar-refractivity contribution in [3.8, 4) is 0 Å². The third-order valence-corrected chi connectivity index (χ3v) is 10.1. The molecule has 1 aliphatic rings. The predicted molar refractivity (Wildman–Crippen MR) is 172 cm³/mol. The third-order valence-electron chi connectivity index (χ3n) is 8.35. The van der Waals surface area contributed by atoms with E-state index in [1.807, 2.05) is 63.2 Å². The second kappa shape index (κ2) is 15.2. The number of carbonyl (C=O) groups excluding carboxylic acids is 2. The fraction of sp³-hybridized carbons (Fsp3) is 0.429. The summed E-state index contributed by atoms with van der Waals surface area (Å²) in [5.74, 6) is -0.569. The van der Waals surface area contributed by atoms with Crippen LogP contribution in [-0.4, -0.2) is 50.3 Å². The van der Waals surface area contributed by atoms with Crippen LogP contribution >= 0.6 is 0 Å². The molecule has 1 aliphatic carbocycles. The van der Waals surface area contributed by atoms with Crippen LogP contribution in [0.15, 0.2) is 83.8 Å². The maximum Gasteiger partial charge on any atom is 0.264 e. The average molecular weight is 604 g/mol. The monoisotopic (exact) mass is 603 g/mol. The van der Waals surface area contributed by atoms with Crippen molar-refractivity contribution in [2.45, 2.75) is 89.1 Å². The van der Waals surface area contributed by atoms with Crippen molar-refractivity contribution in [1.82, 2.24) is 10.2 Å². The van der Waals surface area contributed by atoms with E-state index in [1.165, 1.54) is 10.7 Å². The van der Waals surface area contributed by atoms with Gasteiger partial charge in [-0.1, -0.05) is 99.3 Å². The minimum absolute atomic E-state index is 0.108. The van der Waals surface area contributed by atoms with Gasteiger partial charge in [0, 0.05) is 12.6 Å². The van der Waals surface area contributed by atoms with Crippen molar-refractivity contribution in [2.75, 3.05) is 17.4 Å². The Morgan fingerprint density at radius 3 is 2.19 bits per heavy atom. The number of amides is 2. The Morgan fingerprint density at radius 2 is 1.53 bits per heavy atom. The molecule has 8 heteroatoms. The van der Waals surface area contributed by atoms with Crippen LogP contribution in [0, 0.1) is 6.92 Å². The largest absolute Gasteiger partial charge is 0.352 e. The van der Waals surface area contributed by atoms with Gasteiger partial charge in [0.2, 0.25) is 11.8 Å². The van der Waals surface area contributed by atoms with E-state index in [4.69, 9.17) is 0 Å². The standard InChI is InChI=1S/C35H45N3O4S/c1-4-29-16-12-13-19-33(29)38(43(41,42)31-22-20-27(3)21-23-31)26-34(39)37(25-24-28-14-8-6-9-15-28)32(5-2)35(40)36-30-17-10-7-11-18-30/h6,8-9,12-16,19-23,30,32H,4-5,7,10-11,17-18,24-26H2,1-3H3,(H,36,40)/t32-/m0/s1. The maximum absolute atomic E-state index is 14.3. The molecule has 0 radical (unpaired) electrons. The molecule has 1 N–H and O–H groups in total. The molecule has 3 aromatic carbocycles. The molecule has 230 valence electrons. The highest BCUT2D eigenvalue weighted by Crippen LogP contribution is 2.28. The molecule has 1 fully saturated rings. The summed E-state index contributed by atoms with van der Waals surface area (Å²) in [6, 6.07) is 23.2. The van der Waals surface area contributed by atoms with Crippen molar-refractivity contribution >= 4 is 27.5 Å². The number of aryl methyl sites for hydroxylation is 2. The van der Waals surface area contributed by atoms with Crippen molar-refractivity contribution in [3.63, 3.8) is 0 Å². The van der Waals surface area contributed by atoms with Gasteiger partial charge in [-0.2, -0.15) is 0 Å². The van der Waals surface area contributed by atoms with E-state index >= 15 is 0 Å². The summed E-state index contributed by atoms with van der Waals surface area (Å²) >= 11 is 0. The lowest BCUT2D eigenvalue weighted by atomic mass is 9.95. The number of nitrogens with one attached hydrogen (secondary N) is 1. The summed E-state index contributed by atoms with van der Waals surface area (Å²) in [6.45, 7) is 5.66. The number of benzene rings is 3. The molecule has 1 atom stereocenters. The molecule has 0 saturated heterocycles. The summed E-state index contributed by atoms with van der Waals surface area (Å²) in [6.07, 6.45) is 6.81. The first-order chi connectivity index (χ1) is 20.7. The maximum atomic E-state index is 14.3. The van der Waals surface area contributed by atoms with E-state index in [2.05, 4.69) is 5.32 Å². The summed E-state index contributed by atoms with van der Waals surface area (Å²) in [7, 11) is -4.09. The fourth-order valence-corrected chi connectivity index (χ4v) is 7.30. The van der Waals surface area contributed by atoms with E-state index in [1.54, 1.807) is 41.3 Å². The molecule has 0 aliphatic heterocycles. The molecule has 2 amide bonds. The molecule has 7 nitrogen and oxygen atoms in total. The molecular weight excluding hydrogens is 558 g/mol. The molecule has 0 heterocycles. The number of hydrogen-bond donors (Lipinski definition) is 1. The Balaban J connectivity index is 1.69. The Hall–Kier alpha value is -3.65. The SMILES string of the molecule is CCc1ccccc1N(CC(=O)N(CCc1ccccc1)[C@@H](CC)C(=O)NC1CCCCC1)S(=O)(=O)c1ccc(C)cc1. The number of anilines is 1. The zero-order valence-electron chi connectivity index (χ0n) is 25.7. The van der Waals surface area contributed by atoms with E-state index < -0.39 is 28.5 Å². The highest BCUT2D eigenvalue weighted by Gasteiger charge is 2.34. The fourth-order valence-electron chi connectivity index (χ4n) is 5.84. The van der Waals surface area contributed by atoms with Crippen molar-refractivity contribution in [2.24, 2.45) is 0 Å². The van der Waals surface area contributed by atoms with Gasteiger partial charge >= 0.3 is 0 Å². The van der Waals surface area contributed by atoms with Crippen molar-refractivity contribution < 1.29 is 18.0 Å². The Morgan fingerprint density at radius 1 is 0.884 bits per heavy atom. The second-order valence-electron chi connectivity index (χ2n) is 11.4. The number of rotatable bonds is 13. The third kappa shape index (κ3) is 8.25. The number of nitrogens with zero attached hydrogens (tertiary/aromatic N) is 2. The van der Waals surface area contributed by atoms with E-state index in [0.29, 0.717) is 31.5 Å².